The summed E-state index contributed by atoms with van der Waals surface area (Å²) in [6.07, 6.45) is 0. The van der Waals surface area contributed by atoms with Gasteiger partial charge in [-0.1, -0.05) is 29.8 Å². The number of hydrogen-bond donors (Lipinski definition) is 2. The van der Waals surface area contributed by atoms with E-state index < -0.39 is 23.6 Å². The van der Waals surface area contributed by atoms with Crippen molar-refractivity contribution < 1.29 is 23.5 Å². The van der Waals surface area contributed by atoms with Crippen LogP contribution < -0.4 is 10.6 Å². The minimum atomic E-state index is -0.743. The van der Waals surface area contributed by atoms with Crippen molar-refractivity contribution in [3.05, 3.63) is 80.4 Å². The molecule has 2 aromatic carbocycles. The predicted molar refractivity (Wildman–Crippen MR) is 124 cm³/mol. The number of ether oxygens (including phenoxy) is 1. The molecule has 0 radical (unpaired) electrons. The molecule has 3 aromatic rings. The molecule has 0 aliphatic carbocycles. The second-order valence-corrected chi connectivity index (χ2v) is 8.21. The number of carbonyl (C=O) groups excluding carboxylic acids is 3. The first-order chi connectivity index (χ1) is 15.2. The van der Waals surface area contributed by atoms with Crippen LogP contribution in [0.4, 0.5) is 15.1 Å². The summed E-state index contributed by atoms with van der Waals surface area (Å²) < 4.78 is 19.1. The summed E-state index contributed by atoms with van der Waals surface area (Å²) in [5, 5.41) is 5.92. The van der Waals surface area contributed by atoms with Crippen molar-refractivity contribution in [3.63, 3.8) is 0 Å². The molecule has 0 aliphatic rings. The highest BCUT2D eigenvalue weighted by Crippen LogP contribution is 2.35. The molecule has 9 heteroatoms. The van der Waals surface area contributed by atoms with E-state index in [1.165, 1.54) is 18.2 Å². The van der Waals surface area contributed by atoms with Crippen molar-refractivity contribution in [2.45, 2.75) is 20.8 Å². The second-order valence-electron chi connectivity index (χ2n) is 6.78. The molecule has 0 saturated carbocycles. The van der Waals surface area contributed by atoms with Crippen molar-refractivity contribution >= 4 is 51.4 Å². The molecule has 0 unspecified atom stereocenters. The van der Waals surface area contributed by atoms with Gasteiger partial charge in [0.2, 0.25) is 0 Å². The predicted octanol–water partition coefficient (Wildman–Crippen LogP) is 5.84. The molecule has 1 aromatic heterocycles. The number of esters is 1. The largest absolute Gasteiger partial charge is 0.462 e. The van der Waals surface area contributed by atoms with E-state index >= 15 is 0 Å². The third-order valence-electron chi connectivity index (χ3n) is 4.69. The van der Waals surface area contributed by atoms with Gasteiger partial charge in [0, 0.05) is 10.7 Å². The third-order valence-corrected chi connectivity index (χ3v) is 6.31. The molecule has 2 N–H and O–H groups in total. The normalized spacial score (nSPS) is 10.5. The van der Waals surface area contributed by atoms with E-state index in [2.05, 4.69) is 10.6 Å². The molecule has 0 bridgehead atoms. The Morgan fingerprint density at radius 3 is 2.41 bits per heavy atom. The van der Waals surface area contributed by atoms with Gasteiger partial charge in [0.25, 0.3) is 11.8 Å². The number of halogens is 2. The van der Waals surface area contributed by atoms with Gasteiger partial charge in [0.15, 0.2) is 0 Å². The number of nitrogens with one attached hydrogen (secondary N) is 2. The molecule has 3 rings (SSSR count). The monoisotopic (exact) mass is 474 g/mol. The highest BCUT2D eigenvalue weighted by molar-refractivity contribution is 7.19. The maximum absolute atomic E-state index is 14.0. The zero-order valence-electron chi connectivity index (χ0n) is 17.5. The summed E-state index contributed by atoms with van der Waals surface area (Å²) in [5.74, 6) is -2.62. The van der Waals surface area contributed by atoms with E-state index in [-0.39, 0.29) is 27.6 Å². The lowest BCUT2D eigenvalue weighted by Crippen LogP contribution is -2.16. The Morgan fingerprint density at radius 2 is 1.72 bits per heavy atom. The zero-order valence-corrected chi connectivity index (χ0v) is 19.1. The fourth-order valence-corrected chi connectivity index (χ4v) is 4.26. The van der Waals surface area contributed by atoms with E-state index in [0.29, 0.717) is 21.8 Å². The lowest BCUT2D eigenvalue weighted by atomic mass is 10.1. The van der Waals surface area contributed by atoms with Crippen LogP contribution in [0.2, 0.25) is 5.02 Å². The molecule has 0 spiro atoms. The van der Waals surface area contributed by atoms with Crippen LogP contribution in [0.3, 0.4) is 0 Å². The van der Waals surface area contributed by atoms with Crippen LogP contribution in [0.25, 0.3) is 0 Å². The Hall–Kier alpha value is -3.23. The number of thiophene rings is 1. The van der Waals surface area contributed by atoms with Crippen molar-refractivity contribution in [2.24, 2.45) is 0 Å². The third kappa shape index (κ3) is 4.81. The Bertz CT molecular complexity index is 1210. The molecule has 6 nitrogen and oxygen atoms in total. The Balaban J connectivity index is 1.98. The van der Waals surface area contributed by atoms with Crippen LogP contribution in [-0.2, 0) is 4.74 Å². The molecule has 0 fully saturated rings. The standard InChI is InChI=1S/C23H20ClFN2O4S/c1-4-31-23(30)18-13(3)19(21(29)26-17-11-7-9-15(24)12(17)2)32-22(18)27-20(28)14-8-5-6-10-16(14)25/h5-11H,4H2,1-3H3,(H,26,29)(H,27,28). The van der Waals surface area contributed by atoms with E-state index in [4.69, 9.17) is 16.3 Å². The molecular formula is C23H20ClFN2O4S. The highest BCUT2D eigenvalue weighted by Gasteiger charge is 2.27. The van der Waals surface area contributed by atoms with E-state index in [9.17, 15) is 18.8 Å². The Kier molecular flexibility index (Phi) is 7.27. The number of amides is 2. The molecular weight excluding hydrogens is 455 g/mol. The van der Waals surface area contributed by atoms with Gasteiger partial charge >= 0.3 is 5.97 Å². The fraction of sp³-hybridized carbons (Fsp3) is 0.174. The van der Waals surface area contributed by atoms with Crippen LogP contribution in [-0.4, -0.2) is 24.4 Å². The summed E-state index contributed by atoms with van der Waals surface area (Å²) in [6.45, 7) is 5.11. The van der Waals surface area contributed by atoms with E-state index in [1.54, 1.807) is 39.0 Å². The minimum absolute atomic E-state index is 0.0505. The quantitative estimate of drug-likeness (QED) is 0.439. The van der Waals surface area contributed by atoms with Gasteiger partial charge in [-0.2, -0.15) is 0 Å². The minimum Gasteiger partial charge on any atom is -0.462 e. The van der Waals surface area contributed by atoms with Crippen molar-refractivity contribution in [2.75, 3.05) is 17.2 Å². The van der Waals surface area contributed by atoms with Gasteiger partial charge in [-0.15, -0.1) is 11.3 Å². The first-order valence-corrected chi connectivity index (χ1v) is 10.9. The van der Waals surface area contributed by atoms with Crippen LogP contribution in [0.1, 0.15) is 48.4 Å². The molecule has 166 valence electrons. The lowest BCUT2D eigenvalue weighted by molar-refractivity contribution is 0.0527. The smallest absolute Gasteiger partial charge is 0.341 e. The lowest BCUT2D eigenvalue weighted by Gasteiger charge is -2.09. The van der Waals surface area contributed by atoms with Crippen LogP contribution >= 0.6 is 22.9 Å². The van der Waals surface area contributed by atoms with Gasteiger partial charge in [-0.3, -0.25) is 9.59 Å². The van der Waals surface area contributed by atoms with Crippen LogP contribution in [0, 0.1) is 19.7 Å². The fourth-order valence-electron chi connectivity index (χ4n) is 3.00. The molecule has 0 aliphatic heterocycles. The Labute approximate surface area is 193 Å². The van der Waals surface area contributed by atoms with E-state index in [1.807, 2.05) is 0 Å². The molecule has 0 saturated heterocycles. The first kappa shape index (κ1) is 23.4. The van der Waals surface area contributed by atoms with Crippen molar-refractivity contribution in [1.29, 1.82) is 0 Å². The summed E-state index contributed by atoms with van der Waals surface area (Å²) in [6, 6.07) is 10.6. The van der Waals surface area contributed by atoms with Crippen LogP contribution in [0.5, 0.6) is 0 Å². The second kappa shape index (κ2) is 9.93. The van der Waals surface area contributed by atoms with Gasteiger partial charge in [0.1, 0.15) is 10.8 Å². The van der Waals surface area contributed by atoms with Crippen molar-refractivity contribution in [3.8, 4) is 0 Å². The Morgan fingerprint density at radius 1 is 1.00 bits per heavy atom. The summed E-state index contributed by atoms with van der Waals surface area (Å²) in [5.41, 5.74) is 1.42. The number of anilines is 2. The number of carbonyl (C=O) groups is 3. The van der Waals surface area contributed by atoms with Gasteiger partial charge < -0.3 is 15.4 Å². The number of rotatable bonds is 6. The van der Waals surface area contributed by atoms with Crippen LogP contribution in [0.15, 0.2) is 42.5 Å². The van der Waals surface area contributed by atoms with Crippen molar-refractivity contribution in [1.82, 2.24) is 0 Å². The number of hydrogen-bond acceptors (Lipinski definition) is 5. The average Bonchev–Trinajstić information content (AvgIpc) is 3.07. The summed E-state index contributed by atoms with van der Waals surface area (Å²) >= 11 is 7.03. The maximum Gasteiger partial charge on any atom is 0.341 e. The summed E-state index contributed by atoms with van der Waals surface area (Å²) in [7, 11) is 0. The maximum atomic E-state index is 14.0. The van der Waals surface area contributed by atoms with Gasteiger partial charge in [-0.25, -0.2) is 9.18 Å². The van der Waals surface area contributed by atoms with Gasteiger partial charge in [-0.05, 0) is 56.2 Å². The topological polar surface area (TPSA) is 84.5 Å². The van der Waals surface area contributed by atoms with E-state index in [0.717, 1.165) is 17.4 Å². The average molecular weight is 475 g/mol. The molecule has 1 heterocycles. The summed E-state index contributed by atoms with van der Waals surface area (Å²) in [4.78, 5) is 38.4. The highest BCUT2D eigenvalue weighted by atomic mass is 35.5. The molecule has 2 amide bonds. The van der Waals surface area contributed by atoms with Gasteiger partial charge in [0.05, 0.1) is 22.6 Å². The number of benzene rings is 2. The molecule has 32 heavy (non-hydrogen) atoms. The zero-order chi connectivity index (χ0) is 23.4. The first-order valence-electron chi connectivity index (χ1n) is 9.67. The molecule has 0 atom stereocenters. The SMILES string of the molecule is CCOC(=O)c1c(NC(=O)c2ccccc2F)sc(C(=O)Nc2cccc(Cl)c2C)c1C.